The Balaban J connectivity index is 2.31. The number of aromatic hydroxyl groups is 1. The minimum atomic E-state index is 0.310. The van der Waals surface area contributed by atoms with Gasteiger partial charge < -0.3 is 10.8 Å². The number of halogens is 1. The summed E-state index contributed by atoms with van der Waals surface area (Å²) in [7, 11) is 0. The first-order valence-corrected chi connectivity index (χ1v) is 5.77. The van der Waals surface area contributed by atoms with E-state index in [1.54, 1.807) is 6.07 Å². The molecule has 2 aromatic rings. The van der Waals surface area contributed by atoms with Gasteiger partial charge in [0.2, 0.25) is 0 Å². The van der Waals surface area contributed by atoms with Gasteiger partial charge in [-0.15, -0.1) is 0 Å². The standard InChI is InChI=1S/C13H12BrNO/c14-11-6-5-9(12(15)8-11)7-10-3-1-2-4-13(10)16/h1-6,8,16H,7,15H2. The van der Waals surface area contributed by atoms with Crippen molar-refractivity contribution in [2.75, 3.05) is 5.73 Å². The van der Waals surface area contributed by atoms with Crippen LogP contribution in [-0.2, 0) is 6.42 Å². The van der Waals surface area contributed by atoms with Gasteiger partial charge >= 0.3 is 0 Å². The molecular formula is C13H12BrNO. The molecule has 0 atom stereocenters. The van der Waals surface area contributed by atoms with Crippen molar-refractivity contribution in [1.82, 2.24) is 0 Å². The number of nitrogen functional groups attached to an aromatic ring is 1. The van der Waals surface area contributed by atoms with Crippen LogP contribution in [0.5, 0.6) is 5.75 Å². The molecule has 0 aromatic heterocycles. The predicted octanol–water partition coefficient (Wildman–Crippen LogP) is 3.33. The van der Waals surface area contributed by atoms with Crippen molar-refractivity contribution >= 4 is 21.6 Å². The summed E-state index contributed by atoms with van der Waals surface area (Å²) in [5.41, 5.74) is 8.55. The van der Waals surface area contributed by atoms with Gasteiger partial charge in [-0.05, 0) is 29.3 Å². The van der Waals surface area contributed by atoms with Crippen LogP contribution < -0.4 is 5.73 Å². The van der Waals surface area contributed by atoms with Gasteiger partial charge in [0, 0.05) is 16.6 Å². The highest BCUT2D eigenvalue weighted by Gasteiger charge is 2.04. The molecule has 0 bridgehead atoms. The van der Waals surface area contributed by atoms with Crippen molar-refractivity contribution in [3.8, 4) is 5.75 Å². The molecule has 2 aromatic carbocycles. The smallest absolute Gasteiger partial charge is 0.119 e. The van der Waals surface area contributed by atoms with Crippen LogP contribution in [0.25, 0.3) is 0 Å². The van der Waals surface area contributed by atoms with Gasteiger partial charge in [-0.1, -0.05) is 40.2 Å². The molecule has 2 nitrogen and oxygen atoms in total. The molecule has 0 spiro atoms. The molecule has 82 valence electrons. The Morgan fingerprint density at radius 2 is 1.81 bits per heavy atom. The molecule has 0 heterocycles. The van der Waals surface area contributed by atoms with Crippen LogP contribution in [0.4, 0.5) is 5.69 Å². The molecule has 16 heavy (non-hydrogen) atoms. The monoisotopic (exact) mass is 277 g/mol. The van der Waals surface area contributed by atoms with Gasteiger partial charge in [-0.2, -0.15) is 0 Å². The lowest BCUT2D eigenvalue weighted by atomic mass is 10.0. The third-order valence-corrected chi connectivity index (χ3v) is 2.97. The second-order valence-corrected chi connectivity index (χ2v) is 4.56. The fourth-order valence-corrected chi connectivity index (χ4v) is 1.97. The van der Waals surface area contributed by atoms with E-state index in [2.05, 4.69) is 15.9 Å². The van der Waals surface area contributed by atoms with E-state index in [9.17, 15) is 5.11 Å². The van der Waals surface area contributed by atoms with E-state index in [1.807, 2.05) is 36.4 Å². The molecule has 2 rings (SSSR count). The van der Waals surface area contributed by atoms with E-state index in [0.29, 0.717) is 12.2 Å². The summed E-state index contributed by atoms with van der Waals surface area (Å²) < 4.78 is 0.964. The number of benzene rings is 2. The van der Waals surface area contributed by atoms with E-state index < -0.39 is 0 Å². The molecule has 0 radical (unpaired) electrons. The average Bonchev–Trinajstić information content (AvgIpc) is 2.25. The van der Waals surface area contributed by atoms with Crippen molar-refractivity contribution in [2.24, 2.45) is 0 Å². The average molecular weight is 278 g/mol. The molecule has 0 amide bonds. The number of nitrogens with two attached hydrogens (primary N) is 1. The Labute approximate surface area is 103 Å². The van der Waals surface area contributed by atoms with Crippen LogP contribution in [0.2, 0.25) is 0 Å². The Hall–Kier alpha value is -1.48. The molecule has 0 saturated carbocycles. The van der Waals surface area contributed by atoms with Crippen LogP contribution in [-0.4, -0.2) is 5.11 Å². The van der Waals surface area contributed by atoms with E-state index >= 15 is 0 Å². The maximum absolute atomic E-state index is 9.67. The number of rotatable bonds is 2. The van der Waals surface area contributed by atoms with Crippen molar-refractivity contribution in [1.29, 1.82) is 0 Å². The zero-order valence-corrected chi connectivity index (χ0v) is 10.2. The summed E-state index contributed by atoms with van der Waals surface area (Å²) in [6, 6.07) is 13.1. The highest BCUT2D eigenvalue weighted by atomic mass is 79.9. The lowest BCUT2D eigenvalue weighted by molar-refractivity contribution is 0.469. The maximum atomic E-state index is 9.67. The van der Waals surface area contributed by atoms with E-state index in [1.165, 1.54) is 0 Å². The molecule has 0 saturated heterocycles. The van der Waals surface area contributed by atoms with Crippen LogP contribution in [0.3, 0.4) is 0 Å². The third-order valence-electron chi connectivity index (χ3n) is 2.48. The van der Waals surface area contributed by atoms with E-state index in [-0.39, 0.29) is 0 Å². The van der Waals surface area contributed by atoms with Gasteiger partial charge in [0.05, 0.1) is 0 Å². The quantitative estimate of drug-likeness (QED) is 0.828. The van der Waals surface area contributed by atoms with Crippen LogP contribution in [0.1, 0.15) is 11.1 Å². The Morgan fingerprint density at radius 1 is 1.06 bits per heavy atom. The van der Waals surface area contributed by atoms with Crippen molar-refractivity contribution < 1.29 is 5.11 Å². The normalized spacial score (nSPS) is 10.3. The van der Waals surface area contributed by atoms with Crippen LogP contribution in [0, 0.1) is 0 Å². The summed E-state index contributed by atoms with van der Waals surface area (Å²) in [4.78, 5) is 0. The van der Waals surface area contributed by atoms with Gasteiger partial charge in [-0.25, -0.2) is 0 Å². The fourth-order valence-electron chi connectivity index (χ4n) is 1.59. The lowest BCUT2D eigenvalue weighted by Crippen LogP contribution is -1.95. The first-order valence-electron chi connectivity index (χ1n) is 4.97. The highest BCUT2D eigenvalue weighted by molar-refractivity contribution is 9.10. The maximum Gasteiger partial charge on any atom is 0.119 e. The Morgan fingerprint density at radius 3 is 2.50 bits per heavy atom. The molecule has 0 aliphatic carbocycles. The van der Waals surface area contributed by atoms with Gasteiger partial charge in [0.25, 0.3) is 0 Å². The highest BCUT2D eigenvalue weighted by Crippen LogP contribution is 2.24. The molecule has 0 aliphatic rings. The van der Waals surface area contributed by atoms with E-state index in [4.69, 9.17) is 5.73 Å². The summed E-state index contributed by atoms with van der Waals surface area (Å²) in [6.07, 6.45) is 0.645. The van der Waals surface area contributed by atoms with E-state index in [0.717, 1.165) is 21.3 Å². The van der Waals surface area contributed by atoms with Crippen LogP contribution >= 0.6 is 15.9 Å². The third kappa shape index (κ3) is 2.36. The first-order chi connectivity index (χ1) is 7.66. The van der Waals surface area contributed by atoms with Gasteiger partial charge in [0.15, 0.2) is 0 Å². The summed E-state index contributed by atoms with van der Waals surface area (Å²) in [6.45, 7) is 0. The zero-order chi connectivity index (χ0) is 11.5. The summed E-state index contributed by atoms with van der Waals surface area (Å²) in [5.74, 6) is 0.310. The Kier molecular flexibility index (Phi) is 3.15. The number of para-hydroxylation sites is 1. The summed E-state index contributed by atoms with van der Waals surface area (Å²) >= 11 is 3.37. The van der Waals surface area contributed by atoms with Gasteiger partial charge in [-0.3, -0.25) is 0 Å². The number of anilines is 1. The topological polar surface area (TPSA) is 46.2 Å². The second kappa shape index (κ2) is 4.58. The van der Waals surface area contributed by atoms with Crippen molar-refractivity contribution in [2.45, 2.75) is 6.42 Å². The predicted molar refractivity (Wildman–Crippen MR) is 69.5 cm³/mol. The van der Waals surface area contributed by atoms with Crippen LogP contribution in [0.15, 0.2) is 46.9 Å². The molecule has 0 unspecified atom stereocenters. The number of phenolic OH excluding ortho intramolecular Hbond substituents is 1. The van der Waals surface area contributed by atoms with Gasteiger partial charge in [0.1, 0.15) is 5.75 Å². The lowest BCUT2D eigenvalue weighted by Gasteiger charge is -2.07. The molecular weight excluding hydrogens is 266 g/mol. The minimum Gasteiger partial charge on any atom is -0.508 e. The zero-order valence-electron chi connectivity index (χ0n) is 8.65. The summed E-state index contributed by atoms with van der Waals surface area (Å²) in [5, 5.41) is 9.67. The minimum absolute atomic E-state index is 0.310. The largest absolute Gasteiger partial charge is 0.508 e. The van der Waals surface area contributed by atoms with Crippen molar-refractivity contribution in [3.63, 3.8) is 0 Å². The first kappa shape index (κ1) is 11.0. The molecule has 0 aliphatic heterocycles. The molecule has 0 fully saturated rings. The number of hydrogen-bond acceptors (Lipinski definition) is 2. The SMILES string of the molecule is Nc1cc(Br)ccc1Cc1ccccc1O. The molecule has 3 heteroatoms. The Bertz CT molecular complexity index is 511. The molecule has 3 N–H and O–H groups in total. The van der Waals surface area contributed by atoms with Crippen molar-refractivity contribution in [3.05, 3.63) is 58.1 Å². The second-order valence-electron chi connectivity index (χ2n) is 3.65. The fraction of sp³-hybridized carbons (Fsp3) is 0.0769. The number of phenols is 1. The number of hydrogen-bond donors (Lipinski definition) is 2.